The lowest BCUT2D eigenvalue weighted by Gasteiger charge is -2.16. The number of halogens is 1. The number of hydrogen-bond acceptors (Lipinski definition) is 4. The van der Waals surface area contributed by atoms with Gasteiger partial charge in [0.2, 0.25) is 5.88 Å². The van der Waals surface area contributed by atoms with Crippen LogP contribution in [-0.2, 0) is 0 Å². The number of carbonyl (C=O) groups excluding carboxylic acids is 1. The fourth-order valence-corrected chi connectivity index (χ4v) is 3.54. The molecule has 110 valence electrons. The summed E-state index contributed by atoms with van der Waals surface area (Å²) in [6, 6.07) is 5.69. The Labute approximate surface area is 135 Å². The highest BCUT2D eigenvalue weighted by molar-refractivity contribution is 9.10. The van der Waals surface area contributed by atoms with Crippen LogP contribution in [0.5, 0.6) is 5.88 Å². The molecule has 0 aliphatic carbocycles. The zero-order valence-electron chi connectivity index (χ0n) is 11.6. The van der Waals surface area contributed by atoms with Crippen molar-refractivity contribution in [3.8, 4) is 5.88 Å². The van der Waals surface area contributed by atoms with E-state index in [2.05, 4.69) is 20.9 Å². The minimum absolute atomic E-state index is 0.00112. The zero-order chi connectivity index (χ0) is 14.8. The second-order valence-electron chi connectivity index (χ2n) is 5.06. The number of pyridine rings is 1. The predicted octanol–water partition coefficient (Wildman–Crippen LogP) is 3.51. The van der Waals surface area contributed by atoms with Gasteiger partial charge in [-0.25, -0.2) is 4.98 Å². The van der Waals surface area contributed by atoms with Gasteiger partial charge in [0.05, 0.1) is 15.9 Å². The van der Waals surface area contributed by atoms with Crippen LogP contribution in [0.3, 0.4) is 0 Å². The Bertz CT molecular complexity index is 659. The van der Waals surface area contributed by atoms with Crippen LogP contribution in [-0.4, -0.2) is 35.0 Å². The Morgan fingerprint density at radius 2 is 2.43 bits per heavy atom. The van der Waals surface area contributed by atoms with Gasteiger partial charge in [0, 0.05) is 19.2 Å². The molecule has 2 aromatic heterocycles. The lowest BCUT2D eigenvalue weighted by Crippen LogP contribution is -2.30. The van der Waals surface area contributed by atoms with E-state index in [1.54, 1.807) is 6.20 Å². The van der Waals surface area contributed by atoms with Gasteiger partial charge in [0.15, 0.2) is 0 Å². The van der Waals surface area contributed by atoms with Crippen molar-refractivity contribution in [3.63, 3.8) is 0 Å². The molecule has 1 aliphatic heterocycles. The molecule has 0 aromatic carbocycles. The first-order valence-electron chi connectivity index (χ1n) is 6.75. The molecule has 1 amide bonds. The fourth-order valence-electron chi connectivity index (χ4n) is 2.32. The first-order chi connectivity index (χ1) is 10.1. The maximum absolute atomic E-state index is 12.4. The van der Waals surface area contributed by atoms with Crippen molar-refractivity contribution in [2.45, 2.75) is 19.4 Å². The van der Waals surface area contributed by atoms with Crippen molar-refractivity contribution in [1.82, 2.24) is 9.88 Å². The monoisotopic (exact) mass is 366 g/mol. The molecule has 1 saturated heterocycles. The van der Waals surface area contributed by atoms with E-state index in [0.29, 0.717) is 12.4 Å². The van der Waals surface area contributed by atoms with E-state index in [1.165, 1.54) is 11.3 Å². The summed E-state index contributed by atoms with van der Waals surface area (Å²) < 4.78 is 6.72. The molecular weight excluding hydrogens is 352 g/mol. The first-order valence-corrected chi connectivity index (χ1v) is 8.42. The number of aromatic nitrogens is 1. The normalized spacial score (nSPS) is 18.0. The molecule has 0 saturated carbocycles. The van der Waals surface area contributed by atoms with E-state index in [9.17, 15) is 4.79 Å². The number of rotatable bonds is 3. The van der Waals surface area contributed by atoms with Crippen LogP contribution < -0.4 is 4.74 Å². The molecule has 0 bridgehead atoms. The van der Waals surface area contributed by atoms with Gasteiger partial charge >= 0.3 is 0 Å². The SMILES string of the molecule is Cc1csc(C(=O)N2CCC(Oc3ncccc3Br)C2)c1. The number of likely N-dealkylation sites (tertiary alicyclic amines) is 1. The van der Waals surface area contributed by atoms with Crippen molar-refractivity contribution in [2.75, 3.05) is 13.1 Å². The number of hydrogen-bond donors (Lipinski definition) is 0. The molecule has 4 nitrogen and oxygen atoms in total. The van der Waals surface area contributed by atoms with E-state index >= 15 is 0 Å². The molecule has 2 aromatic rings. The van der Waals surface area contributed by atoms with Crippen LogP contribution in [0.2, 0.25) is 0 Å². The Morgan fingerprint density at radius 3 is 3.14 bits per heavy atom. The van der Waals surface area contributed by atoms with E-state index in [4.69, 9.17) is 4.74 Å². The summed E-state index contributed by atoms with van der Waals surface area (Å²) in [7, 11) is 0. The van der Waals surface area contributed by atoms with Gasteiger partial charge in [0.1, 0.15) is 6.10 Å². The second-order valence-corrected chi connectivity index (χ2v) is 6.82. The lowest BCUT2D eigenvalue weighted by molar-refractivity contribution is 0.0775. The Hall–Kier alpha value is -1.40. The largest absolute Gasteiger partial charge is 0.472 e. The predicted molar refractivity (Wildman–Crippen MR) is 85.9 cm³/mol. The summed E-state index contributed by atoms with van der Waals surface area (Å²) in [4.78, 5) is 19.2. The van der Waals surface area contributed by atoms with Crippen LogP contribution in [0.1, 0.15) is 21.7 Å². The zero-order valence-corrected chi connectivity index (χ0v) is 14.0. The highest BCUT2D eigenvalue weighted by atomic mass is 79.9. The maximum atomic E-state index is 12.4. The Morgan fingerprint density at radius 1 is 1.57 bits per heavy atom. The number of aryl methyl sites for hydroxylation is 1. The maximum Gasteiger partial charge on any atom is 0.264 e. The summed E-state index contributed by atoms with van der Waals surface area (Å²) in [5, 5.41) is 2.00. The van der Waals surface area contributed by atoms with Crippen molar-refractivity contribution in [2.24, 2.45) is 0 Å². The third-order valence-electron chi connectivity index (χ3n) is 3.38. The molecule has 3 heterocycles. The minimum atomic E-state index is 0.00112. The molecule has 0 spiro atoms. The lowest BCUT2D eigenvalue weighted by atomic mass is 10.3. The van der Waals surface area contributed by atoms with Gasteiger partial charge in [0.25, 0.3) is 5.91 Å². The van der Waals surface area contributed by atoms with Crippen LogP contribution in [0.25, 0.3) is 0 Å². The van der Waals surface area contributed by atoms with Gasteiger partial charge in [-0.15, -0.1) is 11.3 Å². The summed E-state index contributed by atoms with van der Waals surface area (Å²) in [6.07, 6.45) is 2.53. The molecule has 3 rings (SSSR count). The van der Waals surface area contributed by atoms with Gasteiger partial charge < -0.3 is 9.64 Å². The minimum Gasteiger partial charge on any atom is -0.472 e. The van der Waals surface area contributed by atoms with Crippen molar-refractivity contribution in [3.05, 3.63) is 44.7 Å². The Kier molecular flexibility index (Phi) is 4.26. The average Bonchev–Trinajstić information content (AvgIpc) is 3.10. The van der Waals surface area contributed by atoms with Gasteiger partial charge in [-0.3, -0.25) is 4.79 Å². The molecule has 0 radical (unpaired) electrons. The molecule has 21 heavy (non-hydrogen) atoms. The van der Waals surface area contributed by atoms with E-state index in [1.807, 2.05) is 35.4 Å². The topological polar surface area (TPSA) is 42.4 Å². The molecule has 1 fully saturated rings. The standard InChI is InChI=1S/C15H15BrN2O2S/c1-10-7-13(21-9-10)15(19)18-6-4-11(8-18)20-14-12(16)3-2-5-17-14/h2-3,5,7,9,11H,4,6,8H2,1H3. The van der Waals surface area contributed by atoms with E-state index in [-0.39, 0.29) is 12.0 Å². The smallest absolute Gasteiger partial charge is 0.264 e. The summed E-state index contributed by atoms with van der Waals surface area (Å²) >= 11 is 4.92. The number of nitrogens with zero attached hydrogens (tertiary/aromatic N) is 2. The third-order valence-corrected chi connectivity index (χ3v) is 5.02. The molecule has 1 atom stereocenters. The highest BCUT2D eigenvalue weighted by Crippen LogP contribution is 2.25. The van der Waals surface area contributed by atoms with E-state index in [0.717, 1.165) is 27.9 Å². The van der Waals surface area contributed by atoms with Crippen LogP contribution >= 0.6 is 27.3 Å². The third kappa shape index (κ3) is 3.27. The number of carbonyl (C=O) groups is 1. The van der Waals surface area contributed by atoms with Crippen molar-refractivity contribution in [1.29, 1.82) is 0 Å². The number of ether oxygens (including phenoxy) is 1. The van der Waals surface area contributed by atoms with Gasteiger partial charge in [-0.05, 0) is 52.0 Å². The average molecular weight is 367 g/mol. The van der Waals surface area contributed by atoms with Gasteiger partial charge in [-0.1, -0.05) is 0 Å². The Balaban J connectivity index is 1.63. The molecule has 6 heteroatoms. The van der Waals surface area contributed by atoms with E-state index < -0.39 is 0 Å². The summed E-state index contributed by atoms with van der Waals surface area (Å²) in [6.45, 7) is 3.34. The molecule has 1 unspecified atom stereocenters. The quantitative estimate of drug-likeness (QED) is 0.834. The van der Waals surface area contributed by atoms with Crippen LogP contribution in [0.4, 0.5) is 0 Å². The molecule has 0 N–H and O–H groups in total. The summed E-state index contributed by atoms with van der Waals surface area (Å²) in [5.41, 5.74) is 1.13. The number of thiophene rings is 1. The van der Waals surface area contributed by atoms with Crippen molar-refractivity contribution < 1.29 is 9.53 Å². The van der Waals surface area contributed by atoms with Gasteiger partial charge in [-0.2, -0.15) is 0 Å². The fraction of sp³-hybridized carbons (Fsp3) is 0.333. The molecule has 1 aliphatic rings. The van der Waals surface area contributed by atoms with Crippen LogP contribution in [0.15, 0.2) is 34.2 Å². The number of amides is 1. The first kappa shape index (κ1) is 14.5. The highest BCUT2D eigenvalue weighted by Gasteiger charge is 2.29. The van der Waals surface area contributed by atoms with Crippen LogP contribution in [0, 0.1) is 6.92 Å². The summed E-state index contributed by atoms with van der Waals surface area (Å²) in [5.74, 6) is 0.683. The molecular formula is C15H15BrN2O2S. The van der Waals surface area contributed by atoms with Crippen molar-refractivity contribution >= 4 is 33.2 Å². The second kappa shape index (κ2) is 6.15.